The van der Waals surface area contributed by atoms with E-state index in [4.69, 9.17) is 23.7 Å². The van der Waals surface area contributed by atoms with Crippen LogP contribution in [0.3, 0.4) is 0 Å². The molecule has 1 heterocycles. The van der Waals surface area contributed by atoms with Crippen LogP contribution in [0.4, 0.5) is 5.69 Å². The van der Waals surface area contributed by atoms with Crippen molar-refractivity contribution < 1.29 is 33.4 Å². The fraction of sp³-hybridized carbons (Fsp3) is 0.381. The lowest BCUT2D eigenvalue weighted by molar-refractivity contribution is -0.385. The van der Waals surface area contributed by atoms with Gasteiger partial charge in [0, 0.05) is 29.7 Å². The Balaban J connectivity index is 1.49. The molecule has 160 valence electrons. The van der Waals surface area contributed by atoms with Crippen LogP contribution < -0.4 is 14.2 Å². The van der Waals surface area contributed by atoms with Crippen LogP contribution in [0.25, 0.3) is 0 Å². The third-order valence-electron chi connectivity index (χ3n) is 4.30. The summed E-state index contributed by atoms with van der Waals surface area (Å²) in [5.74, 6) is 1.32. The van der Waals surface area contributed by atoms with E-state index in [-0.39, 0.29) is 32.1 Å². The molecule has 1 aliphatic rings. The molecule has 2 aromatic rings. The van der Waals surface area contributed by atoms with Crippen molar-refractivity contribution in [2.24, 2.45) is 0 Å². The van der Waals surface area contributed by atoms with Crippen LogP contribution in [0.1, 0.15) is 30.9 Å². The maximum Gasteiger partial charge on any atom is 0.306 e. The summed E-state index contributed by atoms with van der Waals surface area (Å²) < 4.78 is 27.0. The number of esters is 1. The second-order valence-electron chi connectivity index (χ2n) is 6.45. The van der Waals surface area contributed by atoms with Gasteiger partial charge >= 0.3 is 5.97 Å². The summed E-state index contributed by atoms with van der Waals surface area (Å²) in [5.41, 5.74) is 0.899. The molecule has 0 aromatic heterocycles. The van der Waals surface area contributed by atoms with Crippen molar-refractivity contribution >= 4 is 11.7 Å². The highest BCUT2D eigenvalue weighted by molar-refractivity contribution is 5.69. The number of nitro groups is 1. The first kappa shape index (κ1) is 21.4. The molecular weight excluding hydrogens is 394 g/mol. The van der Waals surface area contributed by atoms with E-state index in [1.165, 1.54) is 12.1 Å². The molecule has 3 rings (SSSR count). The van der Waals surface area contributed by atoms with Crippen LogP contribution in [0.5, 0.6) is 17.2 Å². The first-order valence-electron chi connectivity index (χ1n) is 9.59. The van der Waals surface area contributed by atoms with Crippen molar-refractivity contribution in [3.8, 4) is 17.2 Å². The van der Waals surface area contributed by atoms with Crippen molar-refractivity contribution in [3.63, 3.8) is 0 Å². The molecule has 0 bridgehead atoms. The van der Waals surface area contributed by atoms with E-state index >= 15 is 0 Å². The summed E-state index contributed by atoms with van der Waals surface area (Å²) in [6, 6.07) is 10.1. The Hall–Kier alpha value is -3.33. The van der Waals surface area contributed by atoms with Crippen molar-refractivity contribution in [2.45, 2.75) is 33.0 Å². The molecule has 0 unspecified atom stereocenters. The minimum Gasteiger partial charge on any atom is -0.490 e. The van der Waals surface area contributed by atoms with Crippen molar-refractivity contribution in [2.75, 3.05) is 20.0 Å². The highest BCUT2D eigenvalue weighted by Crippen LogP contribution is 2.33. The summed E-state index contributed by atoms with van der Waals surface area (Å²) in [6.45, 7) is 2.89. The molecule has 0 saturated heterocycles. The summed E-state index contributed by atoms with van der Waals surface area (Å²) in [5, 5.41) is 11.1. The monoisotopic (exact) mass is 417 g/mol. The van der Waals surface area contributed by atoms with Gasteiger partial charge in [0.2, 0.25) is 0 Å². The van der Waals surface area contributed by atoms with Crippen LogP contribution in [-0.2, 0) is 27.5 Å². The van der Waals surface area contributed by atoms with E-state index < -0.39 is 10.9 Å². The Morgan fingerprint density at radius 1 is 1.20 bits per heavy atom. The van der Waals surface area contributed by atoms with E-state index in [0.29, 0.717) is 48.0 Å². The van der Waals surface area contributed by atoms with Gasteiger partial charge in [-0.3, -0.25) is 14.9 Å². The molecule has 9 heteroatoms. The van der Waals surface area contributed by atoms with Gasteiger partial charge in [-0.1, -0.05) is 12.1 Å². The minimum atomic E-state index is -0.502. The second kappa shape index (κ2) is 10.4. The first-order valence-corrected chi connectivity index (χ1v) is 9.59. The van der Waals surface area contributed by atoms with Gasteiger partial charge in [-0.15, -0.1) is 0 Å². The highest BCUT2D eigenvalue weighted by atomic mass is 16.7. The van der Waals surface area contributed by atoms with Crippen molar-refractivity contribution in [1.29, 1.82) is 0 Å². The Bertz CT molecular complexity index is 899. The molecule has 0 spiro atoms. The number of carbonyl (C=O) groups is 1. The number of para-hydroxylation sites is 2. The van der Waals surface area contributed by atoms with Gasteiger partial charge in [-0.05, 0) is 25.5 Å². The number of hydrogen-bond acceptors (Lipinski definition) is 8. The number of ether oxygens (including phenoxy) is 5. The molecule has 0 amide bonds. The van der Waals surface area contributed by atoms with Gasteiger partial charge in [-0.2, -0.15) is 0 Å². The lowest BCUT2D eigenvalue weighted by Gasteiger charge is -2.20. The molecular formula is C21H23NO8. The second-order valence-corrected chi connectivity index (χ2v) is 6.45. The Kier molecular flexibility index (Phi) is 7.45. The molecule has 0 fully saturated rings. The quantitative estimate of drug-likeness (QED) is 0.249. The topological polar surface area (TPSA) is 106 Å². The number of benzene rings is 2. The van der Waals surface area contributed by atoms with Gasteiger partial charge < -0.3 is 23.7 Å². The number of nitro benzene ring substituents is 1. The Labute approximate surface area is 173 Å². The predicted octanol–water partition coefficient (Wildman–Crippen LogP) is 3.76. The molecule has 30 heavy (non-hydrogen) atoms. The van der Waals surface area contributed by atoms with Gasteiger partial charge in [0.05, 0.1) is 24.7 Å². The molecule has 2 aromatic carbocycles. The number of rotatable bonds is 10. The number of carbonyl (C=O) groups excluding carboxylic acids is 1. The van der Waals surface area contributed by atoms with Crippen molar-refractivity contribution in [3.05, 3.63) is 57.6 Å². The number of hydrogen-bond donors (Lipinski definition) is 0. The lowest BCUT2D eigenvalue weighted by Crippen LogP contribution is -2.15. The number of non-ortho nitro benzene ring substituents is 1. The van der Waals surface area contributed by atoms with Crippen LogP contribution in [0, 0.1) is 10.1 Å². The number of nitrogens with zero attached hydrogens (tertiary/aromatic N) is 1. The fourth-order valence-electron chi connectivity index (χ4n) is 2.97. The molecule has 0 saturated carbocycles. The van der Waals surface area contributed by atoms with Crippen LogP contribution >= 0.6 is 0 Å². The summed E-state index contributed by atoms with van der Waals surface area (Å²) in [7, 11) is 0. The van der Waals surface area contributed by atoms with Gasteiger partial charge in [-0.25, -0.2) is 0 Å². The maximum atomic E-state index is 12.1. The zero-order valence-corrected chi connectivity index (χ0v) is 16.6. The SMILES string of the molecule is CCOc1ccccc1OCCCC(=O)OCc1cc([N+](=O)[O-])cc2c1OCOC2. The third kappa shape index (κ3) is 5.60. The van der Waals surface area contributed by atoms with E-state index in [0.717, 1.165) is 0 Å². The molecule has 1 aliphatic heterocycles. The third-order valence-corrected chi connectivity index (χ3v) is 4.30. The maximum absolute atomic E-state index is 12.1. The van der Waals surface area contributed by atoms with E-state index in [9.17, 15) is 14.9 Å². The predicted molar refractivity (Wildman–Crippen MR) is 106 cm³/mol. The van der Waals surface area contributed by atoms with Crippen molar-refractivity contribution in [1.82, 2.24) is 0 Å². The van der Waals surface area contributed by atoms with Crippen LogP contribution in [0.15, 0.2) is 36.4 Å². The Morgan fingerprint density at radius 3 is 2.70 bits per heavy atom. The molecule has 0 radical (unpaired) electrons. The molecule has 0 aliphatic carbocycles. The normalized spacial score (nSPS) is 12.4. The summed E-state index contributed by atoms with van der Waals surface area (Å²) in [4.78, 5) is 22.7. The summed E-state index contributed by atoms with van der Waals surface area (Å²) in [6.07, 6.45) is 0.606. The first-order chi connectivity index (χ1) is 14.6. The Morgan fingerprint density at radius 2 is 1.97 bits per heavy atom. The average molecular weight is 417 g/mol. The largest absolute Gasteiger partial charge is 0.490 e. The van der Waals surface area contributed by atoms with Crippen LogP contribution in [-0.4, -0.2) is 30.9 Å². The van der Waals surface area contributed by atoms with E-state index in [2.05, 4.69) is 0 Å². The molecule has 0 N–H and O–H groups in total. The van der Waals surface area contributed by atoms with Gasteiger partial charge in [0.15, 0.2) is 18.3 Å². The molecule has 9 nitrogen and oxygen atoms in total. The minimum absolute atomic E-state index is 0.0479. The fourth-order valence-corrected chi connectivity index (χ4v) is 2.97. The number of fused-ring (bicyclic) bond motifs is 1. The highest BCUT2D eigenvalue weighted by Gasteiger charge is 2.21. The van der Waals surface area contributed by atoms with E-state index in [1.54, 1.807) is 6.07 Å². The summed E-state index contributed by atoms with van der Waals surface area (Å²) >= 11 is 0. The van der Waals surface area contributed by atoms with Crippen LogP contribution in [0.2, 0.25) is 0 Å². The lowest BCUT2D eigenvalue weighted by atomic mass is 10.1. The standard InChI is InChI=1S/C21H23NO8/c1-2-27-18-6-3-4-7-19(18)28-9-5-8-20(23)29-13-16-11-17(22(24)25)10-15-12-26-14-30-21(15)16/h3-4,6-7,10-11H,2,5,8-9,12-14H2,1H3. The van der Waals surface area contributed by atoms with Gasteiger partial charge in [0.1, 0.15) is 12.4 Å². The van der Waals surface area contributed by atoms with E-state index in [1.807, 2.05) is 25.1 Å². The smallest absolute Gasteiger partial charge is 0.306 e. The zero-order chi connectivity index (χ0) is 21.3. The molecule has 0 atom stereocenters. The zero-order valence-electron chi connectivity index (χ0n) is 16.6. The van der Waals surface area contributed by atoms with Gasteiger partial charge in [0.25, 0.3) is 5.69 Å². The average Bonchev–Trinajstić information content (AvgIpc) is 2.76.